The highest BCUT2D eigenvalue weighted by Crippen LogP contribution is 2.29. The summed E-state index contributed by atoms with van der Waals surface area (Å²) in [5, 5.41) is 10.6. The van der Waals surface area contributed by atoms with Crippen LogP contribution in [-0.4, -0.2) is 48.2 Å². The molecule has 1 fully saturated rings. The van der Waals surface area contributed by atoms with Crippen molar-refractivity contribution in [3.63, 3.8) is 0 Å². The number of piperidine rings is 1. The number of hydrogen-bond donors (Lipinski definition) is 1. The Morgan fingerprint density at radius 3 is 2.95 bits per heavy atom. The van der Waals surface area contributed by atoms with Crippen LogP contribution in [0.2, 0.25) is 0 Å². The molecule has 1 aromatic heterocycles. The van der Waals surface area contributed by atoms with E-state index in [2.05, 4.69) is 34.9 Å². The minimum absolute atomic E-state index is 0.0176. The van der Waals surface area contributed by atoms with Gasteiger partial charge in [0, 0.05) is 30.7 Å². The Balaban J connectivity index is 2.01. The van der Waals surface area contributed by atoms with Crippen molar-refractivity contribution in [2.45, 2.75) is 25.5 Å². The second-order valence-electron chi connectivity index (χ2n) is 5.98. The van der Waals surface area contributed by atoms with Crippen LogP contribution in [0, 0.1) is 0 Å². The van der Waals surface area contributed by atoms with Crippen molar-refractivity contribution in [2.24, 2.45) is 0 Å². The average molecular weight is 285 g/mol. The lowest BCUT2D eigenvalue weighted by Gasteiger charge is -2.37. The van der Waals surface area contributed by atoms with Crippen LogP contribution in [-0.2, 0) is 6.61 Å². The summed E-state index contributed by atoms with van der Waals surface area (Å²) in [5.41, 5.74) is 2.86. The summed E-state index contributed by atoms with van der Waals surface area (Å²) in [6.45, 7) is 2.25. The van der Waals surface area contributed by atoms with Gasteiger partial charge in [0.1, 0.15) is 0 Å². The SMILES string of the molecule is CN1CCCC(N(C)c2cc(CO)nc3ccccc23)C1. The molecule has 0 spiro atoms. The molecule has 1 aromatic carbocycles. The zero-order valence-corrected chi connectivity index (χ0v) is 12.8. The summed E-state index contributed by atoms with van der Waals surface area (Å²) in [5.74, 6) is 0. The van der Waals surface area contributed by atoms with Crippen LogP contribution >= 0.6 is 0 Å². The lowest BCUT2D eigenvalue weighted by molar-refractivity contribution is 0.248. The topological polar surface area (TPSA) is 39.6 Å². The van der Waals surface area contributed by atoms with Gasteiger partial charge in [-0.15, -0.1) is 0 Å². The van der Waals surface area contributed by atoms with Crippen LogP contribution in [0.4, 0.5) is 5.69 Å². The number of anilines is 1. The number of fused-ring (bicyclic) bond motifs is 1. The van der Waals surface area contributed by atoms with Gasteiger partial charge in [-0.25, -0.2) is 0 Å². The maximum atomic E-state index is 9.47. The molecule has 21 heavy (non-hydrogen) atoms. The fraction of sp³-hybridized carbons (Fsp3) is 0.471. The zero-order valence-electron chi connectivity index (χ0n) is 12.8. The summed E-state index contributed by atoms with van der Waals surface area (Å²) >= 11 is 0. The second kappa shape index (κ2) is 6.00. The second-order valence-corrected chi connectivity index (χ2v) is 5.98. The van der Waals surface area contributed by atoms with Crippen molar-refractivity contribution in [1.29, 1.82) is 0 Å². The number of rotatable bonds is 3. The monoisotopic (exact) mass is 285 g/mol. The molecule has 1 atom stereocenters. The third-order valence-electron chi connectivity index (χ3n) is 4.44. The van der Waals surface area contributed by atoms with Crippen LogP contribution in [0.25, 0.3) is 10.9 Å². The Kier molecular flexibility index (Phi) is 4.08. The van der Waals surface area contributed by atoms with Gasteiger partial charge in [-0.05, 0) is 38.6 Å². The Morgan fingerprint density at radius 1 is 1.38 bits per heavy atom. The van der Waals surface area contributed by atoms with Gasteiger partial charge in [-0.1, -0.05) is 18.2 Å². The molecular weight excluding hydrogens is 262 g/mol. The largest absolute Gasteiger partial charge is 0.390 e. The van der Waals surface area contributed by atoms with E-state index < -0.39 is 0 Å². The molecular formula is C17H23N3O. The van der Waals surface area contributed by atoms with Crippen molar-refractivity contribution >= 4 is 16.6 Å². The van der Waals surface area contributed by atoms with Crippen molar-refractivity contribution < 1.29 is 5.11 Å². The molecule has 1 N–H and O–H groups in total. The number of aromatic nitrogens is 1. The Hall–Kier alpha value is -1.65. The number of pyridine rings is 1. The number of para-hydroxylation sites is 1. The molecule has 1 aliphatic heterocycles. The summed E-state index contributed by atoms with van der Waals surface area (Å²) in [4.78, 5) is 9.26. The van der Waals surface area contributed by atoms with Gasteiger partial charge in [0.2, 0.25) is 0 Å². The van der Waals surface area contributed by atoms with Gasteiger partial charge >= 0.3 is 0 Å². The van der Waals surface area contributed by atoms with E-state index in [0.717, 1.165) is 23.1 Å². The van der Waals surface area contributed by atoms with E-state index in [0.29, 0.717) is 6.04 Å². The smallest absolute Gasteiger partial charge is 0.0854 e. The number of benzene rings is 1. The van der Waals surface area contributed by atoms with Gasteiger partial charge in [0.05, 0.1) is 17.8 Å². The normalized spacial score (nSPS) is 19.9. The average Bonchev–Trinajstić information content (AvgIpc) is 2.53. The van der Waals surface area contributed by atoms with E-state index in [9.17, 15) is 5.11 Å². The molecule has 4 nitrogen and oxygen atoms in total. The lowest BCUT2D eigenvalue weighted by Crippen LogP contribution is -2.45. The number of likely N-dealkylation sites (N-methyl/N-ethyl adjacent to an activating group) is 2. The molecule has 1 aliphatic rings. The molecule has 3 rings (SSSR count). The minimum atomic E-state index is -0.0176. The van der Waals surface area contributed by atoms with Gasteiger partial charge in [0.15, 0.2) is 0 Å². The Morgan fingerprint density at radius 2 is 2.19 bits per heavy atom. The van der Waals surface area contributed by atoms with Crippen molar-refractivity contribution in [2.75, 3.05) is 32.1 Å². The van der Waals surface area contributed by atoms with Crippen molar-refractivity contribution in [3.8, 4) is 0 Å². The van der Waals surface area contributed by atoms with Gasteiger partial charge in [-0.3, -0.25) is 4.98 Å². The number of hydrogen-bond acceptors (Lipinski definition) is 4. The van der Waals surface area contributed by atoms with E-state index in [-0.39, 0.29) is 6.61 Å². The predicted molar refractivity (Wildman–Crippen MR) is 86.6 cm³/mol. The quantitative estimate of drug-likeness (QED) is 0.939. The molecule has 0 saturated carbocycles. The highest BCUT2D eigenvalue weighted by atomic mass is 16.3. The van der Waals surface area contributed by atoms with Gasteiger partial charge < -0.3 is 14.9 Å². The van der Waals surface area contributed by atoms with Gasteiger partial charge in [-0.2, -0.15) is 0 Å². The van der Waals surface area contributed by atoms with E-state index in [1.54, 1.807) is 0 Å². The molecule has 1 saturated heterocycles. The summed E-state index contributed by atoms with van der Waals surface area (Å²) in [6, 6.07) is 10.7. The molecule has 0 bridgehead atoms. The Bertz CT molecular complexity index is 628. The maximum Gasteiger partial charge on any atom is 0.0854 e. The van der Waals surface area contributed by atoms with Crippen molar-refractivity contribution in [3.05, 3.63) is 36.0 Å². The first-order chi connectivity index (χ1) is 10.2. The molecule has 0 aliphatic carbocycles. The zero-order chi connectivity index (χ0) is 14.8. The van der Waals surface area contributed by atoms with Crippen molar-refractivity contribution in [1.82, 2.24) is 9.88 Å². The fourth-order valence-corrected chi connectivity index (χ4v) is 3.24. The third-order valence-corrected chi connectivity index (χ3v) is 4.44. The van der Waals surface area contributed by atoms with E-state index >= 15 is 0 Å². The Labute approximate surface area is 126 Å². The highest BCUT2D eigenvalue weighted by molar-refractivity contribution is 5.92. The number of aliphatic hydroxyl groups is 1. The standard InChI is InChI=1S/C17H23N3O/c1-19-9-5-6-14(11-19)20(2)17-10-13(12-21)18-16-8-4-3-7-15(16)17/h3-4,7-8,10,14,21H,5-6,9,11-12H2,1-2H3. The molecule has 112 valence electrons. The molecule has 2 aromatic rings. The summed E-state index contributed by atoms with van der Waals surface area (Å²) in [6.07, 6.45) is 2.45. The first-order valence-electron chi connectivity index (χ1n) is 7.60. The number of nitrogens with zero attached hydrogens (tertiary/aromatic N) is 3. The first kappa shape index (κ1) is 14.3. The van der Waals surface area contributed by atoms with Crippen LogP contribution in [0.1, 0.15) is 18.5 Å². The third kappa shape index (κ3) is 2.87. The summed E-state index contributed by atoms with van der Waals surface area (Å²) in [7, 11) is 4.34. The number of likely N-dealkylation sites (tertiary alicyclic amines) is 1. The van der Waals surface area contributed by atoms with Crippen LogP contribution in [0.3, 0.4) is 0 Å². The van der Waals surface area contributed by atoms with E-state index in [4.69, 9.17) is 0 Å². The highest BCUT2D eigenvalue weighted by Gasteiger charge is 2.22. The van der Waals surface area contributed by atoms with Crippen LogP contribution < -0.4 is 4.90 Å². The molecule has 0 radical (unpaired) electrons. The fourth-order valence-electron chi connectivity index (χ4n) is 3.24. The van der Waals surface area contributed by atoms with E-state index in [1.807, 2.05) is 24.3 Å². The molecule has 1 unspecified atom stereocenters. The van der Waals surface area contributed by atoms with Crippen LogP contribution in [0.15, 0.2) is 30.3 Å². The van der Waals surface area contributed by atoms with Gasteiger partial charge in [0.25, 0.3) is 0 Å². The summed E-state index contributed by atoms with van der Waals surface area (Å²) < 4.78 is 0. The first-order valence-corrected chi connectivity index (χ1v) is 7.60. The molecule has 2 heterocycles. The maximum absolute atomic E-state index is 9.47. The molecule has 0 amide bonds. The predicted octanol–water partition coefficient (Wildman–Crippen LogP) is 2.26. The molecule has 4 heteroatoms. The lowest BCUT2D eigenvalue weighted by atomic mass is 10.0. The minimum Gasteiger partial charge on any atom is -0.390 e. The number of aliphatic hydroxyl groups excluding tert-OH is 1. The van der Waals surface area contributed by atoms with E-state index in [1.165, 1.54) is 25.1 Å². The van der Waals surface area contributed by atoms with Crippen LogP contribution in [0.5, 0.6) is 0 Å².